The highest BCUT2D eigenvalue weighted by molar-refractivity contribution is 7.16. The summed E-state index contributed by atoms with van der Waals surface area (Å²) in [7, 11) is 0. The van der Waals surface area contributed by atoms with Crippen molar-refractivity contribution in [3.63, 3.8) is 0 Å². The van der Waals surface area contributed by atoms with Crippen LogP contribution >= 0.6 is 11.3 Å². The minimum atomic E-state index is 0.115. The maximum Gasteiger partial charge on any atom is 0.136 e. The second kappa shape index (κ2) is 10.6. The van der Waals surface area contributed by atoms with Gasteiger partial charge in [-0.3, -0.25) is 0 Å². The number of thiophene rings is 1. The van der Waals surface area contributed by atoms with E-state index in [2.05, 4.69) is 89.8 Å². The summed E-state index contributed by atoms with van der Waals surface area (Å²) in [6.07, 6.45) is 9.47. The van der Waals surface area contributed by atoms with Crippen molar-refractivity contribution in [3.8, 4) is 22.6 Å². The third-order valence-corrected chi connectivity index (χ3v) is 7.02. The fourth-order valence-corrected chi connectivity index (χ4v) is 5.07. The van der Waals surface area contributed by atoms with Gasteiger partial charge < -0.3 is 4.90 Å². The third-order valence-electron chi connectivity index (χ3n) is 5.84. The van der Waals surface area contributed by atoms with Gasteiger partial charge in [-0.15, -0.1) is 11.3 Å². The van der Waals surface area contributed by atoms with Crippen molar-refractivity contribution in [1.82, 2.24) is 0 Å². The molecule has 0 unspecified atom stereocenters. The summed E-state index contributed by atoms with van der Waals surface area (Å²) in [6, 6.07) is 37.5. The summed E-state index contributed by atoms with van der Waals surface area (Å²) in [5.41, 5.74) is 6.26. The van der Waals surface area contributed by atoms with Gasteiger partial charge in [-0.2, -0.15) is 10.5 Å². The van der Waals surface area contributed by atoms with Crippen LogP contribution in [-0.2, 0) is 0 Å². The molecule has 3 nitrogen and oxygen atoms in total. The fraction of sp³-hybridized carbons (Fsp3) is 0. The van der Waals surface area contributed by atoms with E-state index < -0.39 is 0 Å². The Morgan fingerprint density at radius 3 is 1.81 bits per heavy atom. The van der Waals surface area contributed by atoms with E-state index in [4.69, 9.17) is 10.5 Å². The highest BCUT2D eigenvalue weighted by Gasteiger charge is 2.13. The first-order valence-electron chi connectivity index (χ1n) is 11.5. The van der Waals surface area contributed by atoms with Crippen LogP contribution in [0.4, 0.5) is 17.1 Å². The molecule has 0 saturated carbocycles. The molecule has 36 heavy (non-hydrogen) atoms. The number of anilines is 3. The van der Waals surface area contributed by atoms with Crippen molar-refractivity contribution in [2.45, 2.75) is 0 Å². The van der Waals surface area contributed by atoms with Gasteiger partial charge in [0.2, 0.25) is 0 Å². The van der Waals surface area contributed by atoms with Gasteiger partial charge in [-0.05, 0) is 59.7 Å². The molecule has 3 aromatic carbocycles. The van der Waals surface area contributed by atoms with E-state index in [-0.39, 0.29) is 5.57 Å². The number of para-hydroxylation sites is 2. The molecular formula is C32H21N3S. The molecule has 5 rings (SSSR count). The Morgan fingerprint density at radius 2 is 1.19 bits per heavy atom. The zero-order valence-electron chi connectivity index (χ0n) is 19.4. The topological polar surface area (TPSA) is 50.8 Å². The molecule has 1 aliphatic rings. The van der Waals surface area contributed by atoms with Crippen LogP contribution in [0.2, 0.25) is 0 Å². The SMILES string of the molecule is N#CC(C#N)=C1C=CC=C(c2ccc(-c3ccc(N(c4ccccc4)c4ccccc4)cc3)s2)C=C1. The Kier molecular flexibility index (Phi) is 6.72. The second-order valence-corrected chi connectivity index (χ2v) is 9.17. The van der Waals surface area contributed by atoms with Gasteiger partial charge in [0.1, 0.15) is 17.7 Å². The Bertz CT molecular complexity index is 1520. The fourth-order valence-electron chi connectivity index (χ4n) is 4.06. The molecule has 1 aromatic heterocycles. The molecule has 0 N–H and O–H groups in total. The van der Waals surface area contributed by atoms with Crippen molar-refractivity contribution in [3.05, 3.63) is 143 Å². The Morgan fingerprint density at radius 1 is 0.611 bits per heavy atom. The summed E-state index contributed by atoms with van der Waals surface area (Å²) in [4.78, 5) is 4.55. The molecule has 0 spiro atoms. The van der Waals surface area contributed by atoms with E-state index >= 15 is 0 Å². The molecule has 4 aromatic rings. The molecule has 170 valence electrons. The van der Waals surface area contributed by atoms with Gasteiger partial charge >= 0.3 is 0 Å². The summed E-state index contributed by atoms with van der Waals surface area (Å²) in [6.45, 7) is 0. The van der Waals surface area contributed by atoms with Crippen molar-refractivity contribution in [1.29, 1.82) is 10.5 Å². The third kappa shape index (κ3) is 4.81. The molecule has 0 fully saturated rings. The number of nitrogens with zero attached hydrogens (tertiary/aromatic N) is 3. The number of benzene rings is 3. The molecule has 0 radical (unpaired) electrons. The Hall–Kier alpha value is -4.90. The first kappa shape index (κ1) is 22.9. The molecule has 0 saturated heterocycles. The average Bonchev–Trinajstić information content (AvgIpc) is 3.30. The summed E-state index contributed by atoms with van der Waals surface area (Å²) in [5.74, 6) is 0. The standard InChI is InChI=1S/C32H21N3S/c33-22-27(23-34)24-8-7-9-25(15-14-24)31-20-21-32(36-31)26-16-18-30(19-17-26)35(28-10-3-1-4-11-28)29-12-5-2-6-13-29/h1-21H. The van der Waals surface area contributed by atoms with Gasteiger partial charge in [-0.1, -0.05) is 78.9 Å². The molecule has 0 bridgehead atoms. The van der Waals surface area contributed by atoms with Gasteiger partial charge in [0.05, 0.1) is 0 Å². The van der Waals surface area contributed by atoms with Crippen molar-refractivity contribution in [2.24, 2.45) is 0 Å². The van der Waals surface area contributed by atoms with Crippen LogP contribution < -0.4 is 4.90 Å². The molecular weight excluding hydrogens is 458 g/mol. The normalized spacial score (nSPS) is 12.3. The predicted molar refractivity (Wildman–Crippen MR) is 149 cm³/mol. The summed E-state index contributed by atoms with van der Waals surface area (Å²) in [5, 5.41) is 18.3. The van der Waals surface area contributed by atoms with Gasteiger partial charge in [0, 0.05) is 32.4 Å². The van der Waals surface area contributed by atoms with E-state index in [1.54, 1.807) is 17.4 Å². The zero-order valence-corrected chi connectivity index (χ0v) is 20.2. The van der Waals surface area contributed by atoms with E-state index in [1.165, 1.54) is 4.88 Å². The smallest absolute Gasteiger partial charge is 0.136 e. The maximum atomic E-state index is 9.15. The van der Waals surface area contributed by atoms with Crippen LogP contribution in [0.15, 0.2) is 139 Å². The van der Waals surface area contributed by atoms with Crippen LogP contribution in [0, 0.1) is 22.7 Å². The summed E-state index contributed by atoms with van der Waals surface area (Å²) < 4.78 is 0. The van der Waals surface area contributed by atoms with Gasteiger partial charge in [0.25, 0.3) is 0 Å². The number of rotatable bonds is 5. The molecule has 4 heteroatoms. The molecule has 0 aliphatic heterocycles. The summed E-state index contributed by atoms with van der Waals surface area (Å²) >= 11 is 1.72. The highest BCUT2D eigenvalue weighted by atomic mass is 32.1. The van der Waals surface area contributed by atoms with Gasteiger partial charge in [-0.25, -0.2) is 0 Å². The first-order valence-corrected chi connectivity index (χ1v) is 12.3. The largest absolute Gasteiger partial charge is 0.311 e. The zero-order chi connectivity index (χ0) is 24.7. The van der Waals surface area contributed by atoms with Crippen molar-refractivity contribution < 1.29 is 0 Å². The molecule has 0 atom stereocenters. The minimum Gasteiger partial charge on any atom is -0.311 e. The van der Waals surface area contributed by atoms with Crippen molar-refractivity contribution >= 4 is 34.0 Å². The highest BCUT2D eigenvalue weighted by Crippen LogP contribution is 2.37. The minimum absolute atomic E-state index is 0.115. The quantitative estimate of drug-likeness (QED) is 0.269. The average molecular weight is 480 g/mol. The van der Waals surface area contributed by atoms with Crippen LogP contribution in [0.1, 0.15) is 4.88 Å². The monoisotopic (exact) mass is 479 g/mol. The van der Waals surface area contributed by atoms with Crippen LogP contribution in [-0.4, -0.2) is 0 Å². The van der Waals surface area contributed by atoms with Crippen molar-refractivity contribution in [2.75, 3.05) is 4.90 Å². The molecule has 1 aliphatic carbocycles. The van der Waals surface area contributed by atoms with E-state index in [0.717, 1.165) is 33.1 Å². The number of hydrogen-bond donors (Lipinski definition) is 0. The second-order valence-electron chi connectivity index (χ2n) is 8.09. The number of allylic oxidation sites excluding steroid dienone is 8. The van der Waals surface area contributed by atoms with E-state index in [0.29, 0.717) is 5.57 Å². The van der Waals surface area contributed by atoms with Crippen LogP contribution in [0.5, 0.6) is 0 Å². The molecule has 1 heterocycles. The number of nitriles is 2. The van der Waals surface area contributed by atoms with Gasteiger partial charge in [0.15, 0.2) is 0 Å². The lowest BCUT2D eigenvalue weighted by atomic mass is 10.1. The lowest BCUT2D eigenvalue weighted by Gasteiger charge is -2.25. The Labute approximate surface area is 215 Å². The van der Waals surface area contributed by atoms with Crippen LogP contribution in [0.25, 0.3) is 16.0 Å². The predicted octanol–water partition coefficient (Wildman–Crippen LogP) is 8.74. The lowest BCUT2D eigenvalue weighted by molar-refractivity contribution is 1.28. The maximum absolute atomic E-state index is 9.15. The Balaban J connectivity index is 1.42. The first-order chi connectivity index (χ1) is 17.8. The van der Waals surface area contributed by atoms with E-state index in [1.807, 2.05) is 48.6 Å². The lowest BCUT2D eigenvalue weighted by Crippen LogP contribution is -2.09. The number of hydrogen-bond acceptors (Lipinski definition) is 4. The van der Waals surface area contributed by atoms with E-state index in [9.17, 15) is 0 Å². The van der Waals surface area contributed by atoms with Crippen LogP contribution in [0.3, 0.4) is 0 Å². The molecule has 0 amide bonds.